The Morgan fingerprint density at radius 2 is 2.23 bits per heavy atom. The Kier molecular flexibility index (Phi) is 3.05. The van der Waals surface area contributed by atoms with E-state index < -0.39 is 11.1 Å². The third-order valence-corrected chi connectivity index (χ3v) is 2.80. The minimum Gasteiger partial charge on any atom is -0.376 e. The molecule has 1 aliphatic rings. The summed E-state index contributed by atoms with van der Waals surface area (Å²) in [6, 6.07) is 0. The Hall–Kier alpha value is -0.450. The lowest BCUT2D eigenvalue weighted by molar-refractivity contribution is 0.0672. The summed E-state index contributed by atoms with van der Waals surface area (Å²) in [6.07, 6.45) is 5.19. The molecular formula is C9H14O3S. The predicted octanol–water partition coefficient (Wildman–Crippen LogP) is 1.70. The highest BCUT2D eigenvalue weighted by molar-refractivity contribution is 7.83. The molecule has 74 valence electrons. The first-order valence-electron chi connectivity index (χ1n) is 4.02. The smallest absolute Gasteiger partial charge is 0.186 e. The van der Waals surface area contributed by atoms with Crippen molar-refractivity contribution in [3.05, 3.63) is 23.1 Å². The molecule has 0 amide bonds. The number of allylic oxidation sites excluding steroid dienone is 1. The molecule has 1 rings (SSSR count). The van der Waals surface area contributed by atoms with Gasteiger partial charge in [-0.25, -0.2) is 4.21 Å². The minimum atomic E-state index is -1.90. The molecule has 2 unspecified atom stereocenters. The fourth-order valence-corrected chi connectivity index (χ4v) is 2.02. The summed E-state index contributed by atoms with van der Waals surface area (Å²) in [4.78, 5) is 0.443. The van der Waals surface area contributed by atoms with Gasteiger partial charge >= 0.3 is 0 Å². The quantitative estimate of drug-likeness (QED) is 0.693. The van der Waals surface area contributed by atoms with Gasteiger partial charge in [0, 0.05) is 12.5 Å². The number of hydrogen-bond donors (Lipinski definition) is 1. The van der Waals surface area contributed by atoms with Crippen LogP contribution in [0, 0.1) is 5.41 Å². The maximum atomic E-state index is 10.8. The van der Waals surface area contributed by atoms with E-state index in [1.54, 1.807) is 19.3 Å². The molecule has 0 saturated heterocycles. The van der Waals surface area contributed by atoms with Gasteiger partial charge in [0.2, 0.25) is 0 Å². The van der Waals surface area contributed by atoms with Crippen molar-refractivity contribution in [1.82, 2.24) is 0 Å². The van der Waals surface area contributed by atoms with Crippen molar-refractivity contribution < 1.29 is 13.5 Å². The molecule has 0 bridgehead atoms. The van der Waals surface area contributed by atoms with Crippen LogP contribution in [0.15, 0.2) is 23.1 Å². The van der Waals surface area contributed by atoms with Gasteiger partial charge in [-0.05, 0) is 6.08 Å². The van der Waals surface area contributed by atoms with E-state index in [9.17, 15) is 4.21 Å². The van der Waals surface area contributed by atoms with Crippen LogP contribution in [0.1, 0.15) is 13.8 Å². The monoisotopic (exact) mass is 202 g/mol. The Balaban J connectivity index is 2.94. The van der Waals surface area contributed by atoms with Crippen molar-refractivity contribution in [2.24, 2.45) is 5.41 Å². The van der Waals surface area contributed by atoms with Crippen LogP contribution in [0.3, 0.4) is 0 Å². The molecule has 13 heavy (non-hydrogen) atoms. The molecule has 0 spiro atoms. The topological polar surface area (TPSA) is 46.5 Å². The summed E-state index contributed by atoms with van der Waals surface area (Å²) in [5.74, 6) is 0. The molecule has 0 saturated carbocycles. The second kappa shape index (κ2) is 3.74. The summed E-state index contributed by atoms with van der Waals surface area (Å²) in [5.41, 5.74) is -0.225. The first-order valence-corrected chi connectivity index (χ1v) is 5.13. The van der Waals surface area contributed by atoms with Crippen molar-refractivity contribution >= 4 is 11.1 Å². The van der Waals surface area contributed by atoms with Crippen LogP contribution in [0.25, 0.3) is 0 Å². The van der Waals surface area contributed by atoms with Crippen molar-refractivity contribution in [3.8, 4) is 0 Å². The number of methoxy groups -OCH3 is 1. The summed E-state index contributed by atoms with van der Waals surface area (Å²) in [5, 5.41) is 0. The van der Waals surface area contributed by atoms with Gasteiger partial charge in [0.15, 0.2) is 11.1 Å². The molecule has 0 aromatic carbocycles. The Morgan fingerprint density at radius 3 is 2.62 bits per heavy atom. The molecule has 1 aliphatic carbocycles. The molecule has 0 fully saturated rings. The van der Waals surface area contributed by atoms with Gasteiger partial charge in [-0.1, -0.05) is 26.0 Å². The Bertz CT molecular complexity index is 279. The number of hydrogen-bond acceptors (Lipinski definition) is 2. The Morgan fingerprint density at radius 1 is 1.62 bits per heavy atom. The number of ether oxygens (including phenoxy) is 1. The molecule has 0 aliphatic heterocycles. The van der Waals surface area contributed by atoms with Crippen molar-refractivity contribution in [3.63, 3.8) is 0 Å². The molecule has 0 aromatic heterocycles. The van der Waals surface area contributed by atoms with E-state index >= 15 is 0 Å². The standard InChI is InChI=1S/C9H14O3S/c1-9(2)6-7(13(10)11)4-5-8(9)12-3/h4-6,8H,1-3H3,(H,10,11). The van der Waals surface area contributed by atoms with E-state index in [4.69, 9.17) is 9.29 Å². The van der Waals surface area contributed by atoms with Crippen LogP contribution in [0.4, 0.5) is 0 Å². The van der Waals surface area contributed by atoms with Crippen LogP contribution < -0.4 is 0 Å². The molecule has 0 radical (unpaired) electrons. The van der Waals surface area contributed by atoms with E-state index in [-0.39, 0.29) is 11.5 Å². The average molecular weight is 202 g/mol. The highest BCUT2D eigenvalue weighted by Gasteiger charge is 2.29. The summed E-state index contributed by atoms with van der Waals surface area (Å²) in [6.45, 7) is 3.94. The first-order chi connectivity index (χ1) is 5.97. The summed E-state index contributed by atoms with van der Waals surface area (Å²) in [7, 11) is 1.63. The second-order valence-electron chi connectivity index (χ2n) is 3.63. The van der Waals surface area contributed by atoms with Gasteiger partial charge in [-0.3, -0.25) is 0 Å². The number of rotatable bonds is 2. The largest absolute Gasteiger partial charge is 0.376 e. The van der Waals surface area contributed by atoms with Gasteiger partial charge in [-0.2, -0.15) is 0 Å². The van der Waals surface area contributed by atoms with Crippen molar-refractivity contribution in [2.75, 3.05) is 7.11 Å². The van der Waals surface area contributed by atoms with Crippen LogP contribution in [0.2, 0.25) is 0 Å². The molecule has 3 nitrogen and oxygen atoms in total. The minimum absolute atomic E-state index is 0.0280. The normalized spacial score (nSPS) is 28.3. The van der Waals surface area contributed by atoms with Gasteiger partial charge in [0.05, 0.1) is 11.0 Å². The van der Waals surface area contributed by atoms with E-state index in [0.717, 1.165) is 0 Å². The van der Waals surface area contributed by atoms with Crippen LogP contribution in [-0.4, -0.2) is 22.0 Å². The third kappa shape index (κ3) is 2.27. The van der Waals surface area contributed by atoms with Crippen molar-refractivity contribution in [1.29, 1.82) is 0 Å². The molecular weight excluding hydrogens is 188 g/mol. The van der Waals surface area contributed by atoms with E-state index in [1.165, 1.54) is 0 Å². The highest BCUT2D eigenvalue weighted by atomic mass is 32.2. The van der Waals surface area contributed by atoms with Gasteiger partial charge in [-0.15, -0.1) is 0 Å². The third-order valence-electron chi connectivity index (χ3n) is 2.14. The molecule has 0 heterocycles. The zero-order chi connectivity index (χ0) is 10.1. The molecule has 0 aromatic rings. The maximum absolute atomic E-state index is 10.8. The van der Waals surface area contributed by atoms with E-state index in [1.807, 2.05) is 19.9 Å². The Labute approximate surface area is 80.8 Å². The SMILES string of the molecule is COC1C=CC(S(=O)O)=CC1(C)C. The summed E-state index contributed by atoms with van der Waals surface area (Å²) < 4.78 is 24.9. The van der Waals surface area contributed by atoms with E-state index in [0.29, 0.717) is 4.91 Å². The van der Waals surface area contributed by atoms with Crippen LogP contribution in [0.5, 0.6) is 0 Å². The van der Waals surface area contributed by atoms with Gasteiger partial charge < -0.3 is 9.29 Å². The molecule has 4 heteroatoms. The van der Waals surface area contributed by atoms with Gasteiger partial charge in [0.1, 0.15) is 0 Å². The fourth-order valence-electron chi connectivity index (χ4n) is 1.42. The van der Waals surface area contributed by atoms with Crippen LogP contribution >= 0.6 is 0 Å². The maximum Gasteiger partial charge on any atom is 0.186 e. The average Bonchev–Trinajstić information content (AvgIpc) is 2.02. The molecule has 1 N–H and O–H groups in total. The van der Waals surface area contributed by atoms with Crippen molar-refractivity contribution in [2.45, 2.75) is 20.0 Å². The molecule has 2 atom stereocenters. The second-order valence-corrected chi connectivity index (χ2v) is 4.60. The zero-order valence-electron chi connectivity index (χ0n) is 7.98. The van der Waals surface area contributed by atoms with Crippen LogP contribution in [-0.2, 0) is 15.8 Å². The highest BCUT2D eigenvalue weighted by Crippen LogP contribution is 2.31. The first kappa shape index (κ1) is 10.6. The fraction of sp³-hybridized carbons (Fsp3) is 0.556. The zero-order valence-corrected chi connectivity index (χ0v) is 8.80. The van der Waals surface area contributed by atoms with E-state index in [2.05, 4.69) is 0 Å². The lowest BCUT2D eigenvalue weighted by atomic mass is 9.83. The predicted molar refractivity (Wildman–Crippen MR) is 52.6 cm³/mol. The lowest BCUT2D eigenvalue weighted by Gasteiger charge is -2.31. The summed E-state index contributed by atoms with van der Waals surface area (Å²) >= 11 is -1.90. The lowest BCUT2D eigenvalue weighted by Crippen LogP contribution is -2.30. The van der Waals surface area contributed by atoms with Gasteiger partial charge in [0.25, 0.3) is 0 Å².